The third-order valence-electron chi connectivity index (χ3n) is 5.06. The molecule has 0 saturated heterocycles. The molecule has 1 rings (SSSR count). The molecule has 172 valence electrons. The van der Waals surface area contributed by atoms with Gasteiger partial charge in [-0.15, -0.1) is 0 Å². The molecule has 0 amide bonds. The molecule has 1 heteroatoms. The molecule has 0 bridgehead atoms. The molecule has 31 heavy (non-hydrogen) atoms. The zero-order valence-electron chi connectivity index (χ0n) is 21.5. The fourth-order valence-electron chi connectivity index (χ4n) is 3.50. The van der Waals surface area contributed by atoms with Gasteiger partial charge in [-0.25, -0.2) is 0 Å². The van der Waals surface area contributed by atoms with Gasteiger partial charge >= 0.3 is 0 Å². The van der Waals surface area contributed by atoms with Gasteiger partial charge in [-0.3, -0.25) is 0 Å². The minimum absolute atomic E-state index is 0.0418. The molecule has 0 aromatic carbocycles. The quantitative estimate of drug-likeness (QED) is 0.406. The first-order valence-corrected chi connectivity index (χ1v) is 11.5. The second-order valence-electron chi connectivity index (χ2n) is 9.26. The van der Waals surface area contributed by atoms with Crippen molar-refractivity contribution in [3.63, 3.8) is 0 Å². The highest BCUT2D eigenvalue weighted by atomic mass is 16.3. The van der Waals surface area contributed by atoms with Crippen molar-refractivity contribution in [2.24, 2.45) is 5.41 Å². The second-order valence-corrected chi connectivity index (χ2v) is 9.26. The third-order valence-corrected chi connectivity index (χ3v) is 5.06. The normalized spacial score (nSPS) is 20.1. The summed E-state index contributed by atoms with van der Waals surface area (Å²) in [6, 6.07) is 0. The van der Waals surface area contributed by atoms with Gasteiger partial charge in [0.25, 0.3) is 0 Å². The Kier molecular flexibility index (Phi) is 14.6. The van der Waals surface area contributed by atoms with Gasteiger partial charge in [0.05, 0.1) is 6.10 Å². The summed E-state index contributed by atoms with van der Waals surface area (Å²) >= 11 is 0. The molecule has 0 heterocycles. The monoisotopic (exact) mass is 422 g/mol. The number of rotatable bonds is 7. The number of hydrogen-bond donors (Lipinski definition) is 1. The summed E-state index contributed by atoms with van der Waals surface area (Å²) < 4.78 is 0. The Morgan fingerprint density at radius 1 is 0.968 bits per heavy atom. The largest absolute Gasteiger partial charge is 0.393 e. The molecule has 0 aromatic heterocycles. The SMILES string of the molecule is C/C=C/C=C(C)/C=C/C=C(C)/C=C/C1=C(C)C[C@@H](O)CC1(C)C.CC/C=C/C=C(C)C. The Balaban J connectivity index is 0.000000954. The lowest BCUT2D eigenvalue weighted by molar-refractivity contribution is 0.116. The Morgan fingerprint density at radius 2 is 1.58 bits per heavy atom. The fourth-order valence-corrected chi connectivity index (χ4v) is 3.50. The number of aliphatic hydroxyl groups excluding tert-OH is 1. The summed E-state index contributed by atoms with van der Waals surface area (Å²) in [4.78, 5) is 0. The van der Waals surface area contributed by atoms with Gasteiger partial charge in [0.2, 0.25) is 0 Å². The van der Waals surface area contributed by atoms with E-state index in [1.54, 1.807) is 0 Å². The highest BCUT2D eigenvalue weighted by molar-refractivity contribution is 5.37. The van der Waals surface area contributed by atoms with Crippen LogP contribution in [0.25, 0.3) is 0 Å². The molecule has 1 atom stereocenters. The van der Waals surface area contributed by atoms with Crippen molar-refractivity contribution in [3.05, 3.63) is 94.7 Å². The lowest BCUT2D eigenvalue weighted by atomic mass is 9.71. The van der Waals surface area contributed by atoms with Gasteiger partial charge in [0.15, 0.2) is 0 Å². The maximum Gasteiger partial charge on any atom is 0.0585 e. The van der Waals surface area contributed by atoms with Gasteiger partial charge in [0, 0.05) is 0 Å². The van der Waals surface area contributed by atoms with Crippen LogP contribution in [0.1, 0.15) is 81.6 Å². The molecule has 1 aliphatic carbocycles. The molecule has 0 spiro atoms. The van der Waals surface area contributed by atoms with E-state index in [1.807, 2.05) is 19.1 Å². The number of allylic oxidation sites excluding steroid dienone is 15. The first-order chi connectivity index (χ1) is 14.5. The maximum absolute atomic E-state index is 9.95. The van der Waals surface area contributed by atoms with Crippen LogP contribution in [0.3, 0.4) is 0 Å². The molecule has 1 N–H and O–H groups in total. The third kappa shape index (κ3) is 13.7. The summed E-state index contributed by atoms with van der Waals surface area (Å²) in [7, 11) is 0. The summed E-state index contributed by atoms with van der Waals surface area (Å²) in [6.45, 7) is 19.1. The van der Waals surface area contributed by atoms with Crippen LogP contribution in [0.5, 0.6) is 0 Å². The molecule has 0 saturated carbocycles. The zero-order valence-corrected chi connectivity index (χ0v) is 21.5. The zero-order chi connectivity index (χ0) is 23.9. The van der Waals surface area contributed by atoms with E-state index in [0.29, 0.717) is 0 Å². The van der Waals surface area contributed by atoms with Crippen LogP contribution < -0.4 is 0 Å². The van der Waals surface area contributed by atoms with Crippen molar-refractivity contribution in [1.82, 2.24) is 0 Å². The molecule has 1 aliphatic rings. The van der Waals surface area contributed by atoms with E-state index >= 15 is 0 Å². The highest BCUT2D eigenvalue weighted by Gasteiger charge is 2.31. The summed E-state index contributed by atoms with van der Waals surface area (Å²) in [5.41, 5.74) is 6.52. The summed E-state index contributed by atoms with van der Waals surface area (Å²) in [5, 5.41) is 9.95. The van der Waals surface area contributed by atoms with Crippen molar-refractivity contribution >= 4 is 0 Å². The van der Waals surface area contributed by atoms with E-state index in [-0.39, 0.29) is 11.5 Å². The van der Waals surface area contributed by atoms with Crippen molar-refractivity contribution in [2.75, 3.05) is 0 Å². The summed E-state index contributed by atoms with van der Waals surface area (Å²) in [5.74, 6) is 0. The van der Waals surface area contributed by atoms with Crippen LogP contribution in [0, 0.1) is 5.41 Å². The smallest absolute Gasteiger partial charge is 0.0585 e. The van der Waals surface area contributed by atoms with Crippen molar-refractivity contribution in [3.8, 4) is 0 Å². The Labute approximate surface area is 193 Å². The molecule has 1 nitrogen and oxygen atoms in total. The predicted molar refractivity (Wildman–Crippen MR) is 141 cm³/mol. The molecule has 0 fully saturated rings. The highest BCUT2D eigenvalue weighted by Crippen LogP contribution is 2.41. The Hall–Kier alpha value is -2.12. The van der Waals surface area contributed by atoms with Gasteiger partial charge in [-0.2, -0.15) is 0 Å². The second kappa shape index (κ2) is 15.6. The van der Waals surface area contributed by atoms with Crippen molar-refractivity contribution in [2.45, 2.75) is 87.7 Å². The van der Waals surface area contributed by atoms with E-state index < -0.39 is 0 Å². The van der Waals surface area contributed by atoms with Crippen LogP contribution in [0.2, 0.25) is 0 Å². The number of aliphatic hydroxyl groups is 1. The van der Waals surface area contributed by atoms with Crippen LogP contribution in [0.15, 0.2) is 94.7 Å². The predicted octanol–water partition coefficient (Wildman–Crippen LogP) is 8.98. The van der Waals surface area contributed by atoms with E-state index in [2.05, 4.69) is 110 Å². The molecular formula is C30H46O. The van der Waals surface area contributed by atoms with Gasteiger partial charge in [0.1, 0.15) is 0 Å². The van der Waals surface area contributed by atoms with E-state index in [1.165, 1.54) is 27.9 Å². The minimum atomic E-state index is -0.200. The van der Waals surface area contributed by atoms with Crippen molar-refractivity contribution in [1.29, 1.82) is 0 Å². The Bertz CT molecular complexity index is 769. The topological polar surface area (TPSA) is 20.2 Å². The van der Waals surface area contributed by atoms with Gasteiger partial charge in [-0.1, -0.05) is 110 Å². The van der Waals surface area contributed by atoms with Crippen LogP contribution in [-0.2, 0) is 0 Å². The molecule has 0 aliphatic heterocycles. The molecule has 0 aromatic rings. The fraction of sp³-hybridized carbons (Fsp3) is 0.467. The standard InChI is InChI=1S/C22H32O.C8H14/c1-7-8-10-17(2)11-9-12-18(3)13-14-21-19(4)15-20(23)16-22(21,5)6;1-4-5-6-7-8(2)3/h7-14,20,23H,15-16H2,1-6H3;5-7H,4H2,1-3H3/b8-7+,11-9+,14-13+,17-10+,18-12+;6-5+/t20-;/m1./s1. The number of hydrogen-bond acceptors (Lipinski definition) is 1. The first kappa shape index (κ1) is 28.9. The van der Waals surface area contributed by atoms with E-state index in [9.17, 15) is 5.11 Å². The van der Waals surface area contributed by atoms with Crippen LogP contribution in [-0.4, -0.2) is 11.2 Å². The van der Waals surface area contributed by atoms with Crippen LogP contribution >= 0.6 is 0 Å². The molecule has 0 radical (unpaired) electrons. The van der Waals surface area contributed by atoms with Crippen molar-refractivity contribution < 1.29 is 5.11 Å². The average Bonchev–Trinajstić information content (AvgIpc) is 2.65. The first-order valence-electron chi connectivity index (χ1n) is 11.5. The molecular weight excluding hydrogens is 376 g/mol. The van der Waals surface area contributed by atoms with Gasteiger partial charge < -0.3 is 5.11 Å². The van der Waals surface area contributed by atoms with Crippen LogP contribution in [0.4, 0.5) is 0 Å². The van der Waals surface area contributed by atoms with Gasteiger partial charge in [-0.05, 0) is 71.8 Å². The Morgan fingerprint density at radius 3 is 2.13 bits per heavy atom. The minimum Gasteiger partial charge on any atom is -0.393 e. The molecule has 0 unspecified atom stereocenters. The van der Waals surface area contributed by atoms with E-state index in [0.717, 1.165) is 19.3 Å². The average molecular weight is 423 g/mol. The maximum atomic E-state index is 9.95. The lowest BCUT2D eigenvalue weighted by Gasteiger charge is -2.35. The summed E-state index contributed by atoms with van der Waals surface area (Å²) in [6.07, 6.45) is 25.8. The van der Waals surface area contributed by atoms with E-state index in [4.69, 9.17) is 0 Å². The lowest BCUT2D eigenvalue weighted by Crippen LogP contribution is -2.28.